The molecule has 0 saturated carbocycles. The molecule has 4 heterocycles. The van der Waals surface area contributed by atoms with E-state index in [0.29, 0.717) is 28.5 Å². The first-order chi connectivity index (χ1) is 62.6. The topological polar surface area (TPSA) is 776 Å². The highest BCUT2D eigenvalue weighted by Crippen LogP contribution is 2.25. The van der Waals surface area contributed by atoms with Gasteiger partial charge in [-0.05, 0) is 153 Å². The molecule has 3 aliphatic heterocycles. The number of H-pyrrole nitrogens is 1. The lowest BCUT2D eigenvalue weighted by Gasteiger charge is -2.32. The first-order valence-corrected chi connectivity index (χ1v) is 43.4. The molecule has 3 aliphatic rings. The summed E-state index contributed by atoms with van der Waals surface area (Å²) < 4.78 is 0. The number of aromatic nitrogens is 1. The average Bonchev–Trinajstić information content (AvgIpc) is 1.66. The van der Waals surface area contributed by atoms with Crippen LogP contribution in [0.3, 0.4) is 0 Å². The highest BCUT2D eigenvalue weighted by molar-refractivity contribution is 6.02. The number of carbonyl (C=O) groups is 21. The molecular weight excluding hydrogens is 1740 g/mol. The molecule has 3 fully saturated rings. The minimum Gasteiger partial charge on any atom is -0.508 e. The first kappa shape index (κ1) is 107. The van der Waals surface area contributed by atoms with Crippen LogP contribution in [0.5, 0.6) is 5.75 Å². The van der Waals surface area contributed by atoms with Gasteiger partial charge in [0.1, 0.15) is 84.3 Å². The van der Waals surface area contributed by atoms with Crippen LogP contribution in [0.1, 0.15) is 160 Å². The van der Waals surface area contributed by atoms with Crippen molar-refractivity contribution < 1.29 is 126 Å². The van der Waals surface area contributed by atoms with E-state index in [2.05, 4.69) is 90.1 Å². The number of aliphatic hydroxyl groups excluding tert-OH is 1. The molecule has 132 heavy (non-hydrogen) atoms. The molecule has 18 amide bonds. The number of hydrogen-bond acceptors (Lipinski definition) is 25. The number of carboxylic acids is 3. The van der Waals surface area contributed by atoms with Crippen LogP contribution < -0.4 is 102 Å². The third-order valence-corrected chi connectivity index (χ3v) is 21.8. The van der Waals surface area contributed by atoms with E-state index in [9.17, 15) is 126 Å². The van der Waals surface area contributed by atoms with Crippen molar-refractivity contribution in [2.45, 2.75) is 247 Å². The molecule has 49 nitrogen and oxygen atoms in total. The lowest BCUT2D eigenvalue weighted by atomic mass is 10.0. The molecule has 2 aromatic carbocycles. The molecule has 3 saturated heterocycles. The van der Waals surface area contributed by atoms with Gasteiger partial charge in [0, 0.05) is 88.2 Å². The Kier molecular flexibility index (Phi) is 43.4. The van der Waals surface area contributed by atoms with Crippen LogP contribution in [0.25, 0.3) is 10.9 Å². The molecule has 1 aromatic heterocycles. The maximum absolute atomic E-state index is 15.0. The maximum Gasteiger partial charge on any atom is 0.303 e. The number of aliphatic carboxylic acids is 3. The predicted molar refractivity (Wildman–Crippen MR) is 465 cm³/mol. The van der Waals surface area contributed by atoms with Crippen molar-refractivity contribution in [1.82, 2.24) is 99.9 Å². The molecule has 0 spiro atoms. The number of aromatic amines is 1. The fourth-order valence-corrected chi connectivity index (χ4v) is 14.6. The van der Waals surface area contributed by atoms with E-state index in [1.165, 1.54) is 36.1 Å². The second-order valence-corrected chi connectivity index (χ2v) is 32.2. The standard InChI is InChI=1S/C83H121N23O26/c1-43-70(120)97-54(26-30-67(116)117)74(124)95-44(2)71(121)101-56(15-6-8-32-84)81(131)105-35-11-17-59(105)80(130)103-58(38-47-39-90-50-14-5-4-13-49(47)50)78(128)102-57(37-46-20-22-48(108)23-21-46)73(123)92-40-63(111)88-33-9-7-19-62(110)91-41-65(113)96-53(24-28-61(85)109)76(126)98-51(16-10-34-89-83(86)87)75(125)99-55(27-31-68(118)119)77(127)104-69(45(3)107)82(132)106-36-12-18-60(106)79(129)100-52(25-29-66(114)115)72(122)93-42-64(112)94-43/h4-5,13-14,20-23,39,43-45,51-60,69,90,107-108H,6-12,15-19,24-38,40-42,84H2,1-3H3,(H2,85,109)(H,88,111)(H,91,110)(H,92,123)(H,93,122)(H,94,112)(H,95,124)(H,96,113)(H,97,120)(H,98,126)(H,99,125)(H,100,129)(H,101,121)(H,102,128)(H,103,130)(H,104,127)(H,114,115)(H,116,117)(H,118,119)(H4,86,87,89)/t43-,44-,45+,51-,52-,53-,54-,55-,56-,57-,58-,59-,60-,69-/m0/s1. The Hall–Kier alpha value is -14.2. The second-order valence-electron chi connectivity index (χ2n) is 32.2. The Morgan fingerprint density at radius 3 is 1.49 bits per heavy atom. The van der Waals surface area contributed by atoms with Gasteiger partial charge >= 0.3 is 17.9 Å². The minimum absolute atomic E-state index is 0.0274. The maximum atomic E-state index is 15.0. The van der Waals surface area contributed by atoms with Crippen LogP contribution in [-0.4, -0.2) is 308 Å². The minimum atomic E-state index is -1.98. The van der Waals surface area contributed by atoms with Gasteiger partial charge in [-0.1, -0.05) is 30.3 Å². The molecule has 3 aromatic rings. The van der Waals surface area contributed by atoms with E-state index < -0.39 is 286 Å². The molecular formula is C83H121N23O26. The number of phenols is 1. The summed E-state index contributed by atoms with van der Waals surface area (Å²) in [5.74, 6) is -23.0. The summed E-state index contributed by atoms with van der Waals surface area (Å²) in [6.07, 6.45) is -5.55. The number of aliphatic hydroxyl groups is 1. The number of guanidine groups is 1. The second kappa shape index (κ2) is 53.7. The van der Waals surface area contributed by atoms with Crippen molar-refractivity contribution in [3.63, 3.8) is 0 Å². The number of unbranched alkanes of at least 4 members (excludes halogenated alkanes) is 1. The number of nitrogens with two attached hydrogens (primary N) is 3. The zero-order valence-electron chi connectivity index (χ0n) is 73.4. The van der Waals surface area contributed by atoms with Gasteiger partial charge in [0.2, 0.25) is 106 Å². The van der Waals surface area contributed by atoms with Crippen molar-refractivity contribution in [3.8, 4) is 5.75 Å². The Bertz CT molecular complexity index is 4640. The number of carbonyl (C=O) groups excluding carboxylic acids is 18. The summed E-state index contributed by atoms with van der Waals surface area (Å²) >= 11 is 0. The van der Waals surface area contributed by atoms with Gasteiger partial charge in [-0.2, -0.15) is 0 Å². The van der Waals surface area contributed by atoms with Gasteiger partial charge in [0.25, 0.3) is 0 Å². The zero-order valence-corrected chi connectivity index (χ0v) is 73.4. The number of benzene rings is 2. The highest BCUT2D eigenvalue weighted by Gasteiger charge is 2.44. The quantitative estimate of drug-likeness (QED) is 0.0213. The third kappa shape index (κ3) is 35.7. The van der Waals surface area contributed by atoms with Crippen molar-refractivity contribution in [1.29, 1.82) is 5.41 Å². The number of phenolic OH excluding ortho intramolecular Hbond substituents is 1. The summed E-state index contributed by atoms with van der Waals surface area (Å²) in [6, 6.07) is -8.37. The number of rotatable bonds is 25. The summed E-state index contributed by atoms with van der Waals surface area (Å²) in [6.45, 7) is 0.757. The SMILES string of the molecule is C[C@@H]1NC(=O)CNC(=O)[C@H](CCC(=O)O)NC(=O)[C@@H]2CCCN2C(=O)[C@H]([C@@H](C)O)NC(=O)[C@H](CCC(=O)O)NC(=O)[C@H](CCCNC(=N)N)NC(=O)[C@H](CCC(N)=O)NC(=O)CNC(=O)CCCCNC(=O)CNC(=O)[C@H](Cc2ccc(O)cc2)NC(=O)[C@H](Cc2c[nH]c3ccccc23)NC(=O)[C@@H]2CCCN2C(=O)[C@H](CCCCN)NC(=O)[C@H](C)NC(=O)[C@H](CCC(=O)O)NC1=O. The van der Waals surface area contributed by atoms with Crippen LogP contribution >= 0.6 is 0 Å². The van der Waals surface area contributed by atoms with Crippen LogP contribution in [-0.2, 0) is 114 Å². The number of aromatic hydroxyl groups is 1. The van der Waals surface area contributed by atoms with Crippen LogP contribution in [0.15, 0.2) is 54.7 Å². The van der Waals surface area contributed by atoms with Gasteiger partial charge < -0.3 is 143 Å². The van der Waals surface area contributed by atoms with Gasteiger partial charge in [0.15, 0.2) is 5.96 Å². The Morgan fingerprint density at radius 1 is 0.462 bits per heavy atom. The number of primary amides is 1. The van der Waals surface area contributed by atoms with Crippen molar-refractivity contribution >= 4 is 141 Å². The molecule has 0 bridgehead atoms. The van der Waals surface area contributed by atoms with Gasteiger partial charge in [-0.3, -0.25) is 106 Å². The van der Waals surface area contributed by atoms with Crippen molar-refractivity contribution in [2.24, 2.45) is 17.2 Å². The number of nitrogens with one attached hydrogen (secondary N) is 18. The van der Waals surface area contributed by atoms with Crippen LogP contribution in [0.4, 0.5) is 0 Å². The van der Waals surface area contributed by atoms with E-state index in [0.717, 1.165) is 18.7 Å². The van der Waals surface area contributed by atoms with Crippen molar-refractivity contribution in [2.75, 3.05) is 52.4 Å². The molecule has 29 N–H and O–H groups in total. The van der Waals surface area contributed by atoms with Gasteiger partial charge in [-0.15, -0.1) is 0 Å². The normalized spacial score (nSPS) is 24.5. The monoisotopic (exact) mass is 1860 g/mol. The molecule has 49 heteroatoms. The zero-order chi connectivity index (χ0) is 97.4. The van der Waals surface area contributed by atoms with E-state index in [-0.39, 0.29) is 122 Å². The van der Waals surface area contributed by atoms with E-state index in [1.807, 2.05) is 0 Å². The van der Waals surface area contributed by atoms with Crippen LogP contribution in [0, 0.1) is 5.41 Å². The van der Waals surface area contributed by atoms with E-state index in [4.69, 9.17) is 22.6 Å². The largest absolute Gasteiger partial charge is 0.508 e. The molecule has 724 valence electrons. The number of nitrogens with zero attached hydrogens (tertiary/aromatic N) is 2. The van der Waals surface area contributed by atoms with E-state index in [1.54, 1.807) is 30.5 Å². The van der Waals surface area contributed by atoms with Gasteiger partial charge in [0.05, 0.1) is 25.7 Å². The third-order valence-electron chi connectivity index (χ3n) is 21.8. The molecule has 6 rings (SSSR count). The number of para-hydroxylation sites is 1. The van der Waals surface area contributed by atoms with Crippen LogP contribution in [0.2, 0.25) is 0 Å². The summed E-state index contributed by atoms with van der Waals surface area (Å²) in [4.78, 5) is 293. The fourth-order valence-electron chi connectivity index (χ4n) is 14.6. The fraction of sp³-hybridized carbons (Fsp3) is 0.566. The first-order valence-electron chi connectivity index (χ1n) is 43.4. The smallest absolute Gasteiger partial charge is 0.303 e. The average molecular weight is 1860 g/mol. The molecule has 14 atom stereocenters. The van der Waals surface area contributed by atoms with Crippen molar-refractivity contribution in [3.05, 3.63) is 65.9 Å². The molecule has 0 unspecified atom stereocenters. The predicted octanol–water partition coefficient (Wildman–Crippen LogP) is -7.71. The number of fused-ring (bicyclic) bond motifs is 3. The Balaban J connectivity index is 1.29. The molecule has 0 radical (unpaired) electrons. The summed E-state index contributed by atoms with van der Waals surface area (Å²) in [5.41, 5.74) is 18.3. The highest BCUT2D eigenvalue weighted by atomic mass is 16.4. The number of hydrogen-bond donors (Lipinski definition) is 26. The van der Waals surface area contributed by atoms with Gasteiger partial charge in [-0.25, -0.2) is 0 Å². The number of amides is 18. The summed E-state index contributed by atoms with van der Waals surface area (Å²) in [7, 11) is 0. The Labute approximate surface area is 757 Å². The lowest BCUT2D eigenvalue weighted by molar-refractivity contribution is -0.145. The summed E-state index contributed by atoms with van der Waals surface area (Å²) in [5, 5.41) is 97.7. The number of carboxylic acid groups (broad SMARTS) is 3. The molecule has 0 aliphatic carbocycles. The lowest BCUT2D eigenvalue weighted by Crippen LogP contribution is -2.61. The van der Waals surface area contributed by atoms with E-state index >= 15 is 0 Å². The Morgan fingerprint density at radius 2 is 0.917 bits per heavy atom.